The first-order valence-corrected chi connectivity index (χ1v) is 7.60. The Labute approximate surface area is 125 Å². The number of carbonyl (C=O) groups is 1. The Balaban J connectivity index is 1.98. The Bertz CT molecular complexity index is 562. The Hall–Kier alpha value is -1.32. The van der Waals surface area contributed by atoms with Crippen LogP contribution in [0.2, 0.25) is 0 Å². The molecule has 1 unspecified atom stereocenters. The van der Waals surface area contributed by atoms with Crippen molar-refractivity contribution in [2.45, 2.75) is 25.3 Å². The molecule has 1 fully saturated rings. The molecule has 1 aromatic carbocycles. The van der Waals surface area contributed by atoms with Crippen LogP contribution in [0.25, 0.3) is 0 Å². The Morgan fingerprint density at radius 2 is 1.95 bits per heavy atom. The Morgan fingerprint density at radius 1 is 1.20 bits per heavy atom. The SMILES string of the molecule is O=C(S)CN1CCC2=CCCC=C2C1c1ccccc1. The molecule has 2 nitrogen and oxygen atoms in total. The van der Waals surface area contributed by atoms with Crippen molar-refractivity contribution < 1.29 is 4.79 Å². The maximum Gasteiger partial charge on any atom is 0.199 e. The third kappa shape index (κ3) is 2.74. The van der Waals surface area contributed by atoms with Crippen molar-refractivity contribution in [1.29, 1.82) is 0 Å². The number of thiol groups is 1. The van der Waals surface area contributed by atoms with E-state index in [1.54, 1.807) is 0 Å². The van der Waals surface area contributed by atoms with Crippen molar-refractivity contribution in [3.05, 3.63) is 59.2 Å². The summed E-state index contributed by atoms with van der Waals surface area (Å²) in [6.45, 7) is 1.34. The molecule has 1 atom stereocenters. The van der Waals surface area contributed by atoms with Gasteiger partial charge < -0.3 is 0 Å². The summed E-state index contributed by atoms with van der Waals surface area (Å²) in [6.07, 6.45) is 8.00. The molecule has 0 aromatic heterocycles. The fourth-order valence-corrected chi connectivity index (χ4v) is 3.42. The van der Waals surface area contributed by atoms with Crippen LogP contribution in [-0.2, 0) is 4.79 Å². The number of rotatable bonds is 3. The lowest BCUT2D eigenvalue weighted by Crippen LogP contribution is -2.38. The normalized spacial score (nSPS) is 22.8. The summed E-state index contributed by atoms with van der Waals surface area (Å²) >= 11 is 3.96. The van der Waals surface area contributed by atoms with Crippen LogP contribution in [0.1, 0.15) is 30.9 Å². The largest absolute Gasteiger partial charge is 0.286 e. The number of benzene rings is 1. The maximum atomic E-state index is 11.4. The minimum Gasteiger partial charge on any atom is -0.286 e. The molecule has 20 heavy (non-hydrogen) atoms. The zero-order chi connectivity index (χ0) is 13.9. The van der Waals surface area contributed by atoms with Gasteiger partial charge in [-0.25, -0.2) is 0 Å². The van der Waals surface area contributed by atoms with Gasteiger partial charge in [0.05, 0.1) is 12.6 Å². The Kier molecular flexibility index (Phi) is 4.08. The van der Waals surface area contributed by atoms with Gasteiger partial charge in [0.1, 0.15) is 0 Å². The van der Waals surface area contributed by atoms with Crippen LogP contribution in [0, 0.1) is 0 Å². The summed E-state index contributed by atoms with van der Waals surface area (Å²) in [5.41, 5.74) is 4.12. The van der Waals surface area contributed by atoms with Gasteiger partial charge in [-0.2, -0.15) is 0 Å². The standard InChI is InChI=1S/C17H19NOS/c19-16(20)12-18-11-10-13-6-4-5-9-15(13)17(18)14-7-2-1-3-8-14/h1-3,6-9,17H,4-5,10-12H2,(H,19,20). The van der Waals surface area contributed by atoms with Gasteiger partial charge in [0.15, 0.2) is 5.12 Å². The molecule has 0 bridgehead atoms. The lowest BCUT2D eigenvalue weighted by atomic mass is 9.82. The quantitative estimate of drug-likeness (QED) is 0.857. The van der Waals surface area contributed by atoms with Crippen LogP contribution < -0.4 is 0 Å². The van der Waals surface area contributed by atoms with Gasteiger partial charge in [0.2, 0.25) is 0 Å². The van der Waals surface area contributed by atoms with E-state index in [1.165, 1.54) is 16.7 Å². The van der Waals surface area contributed by atoms with Gasteiger partial charge in [0, 0.05) is 6.54 Å². The highest BCUT2D eigenvalue weighted by atomic mass is 32.1. The van der Waals surface area contributed by atoms with E-state index < -0.39 is 0 Å². The number of fused-ring (bicyclic) bond motifs is 1. The Morgan fingerprint density at radius 3 is 2.70 bits per heavy atom. The molecule has 1 aromatic rings. The smallest absolute Gasteiger partial charge is 0.199 e. The molecule has 1 saturated heterocycles. The zero-order valence-corrected chi connectivity index (χ0v) is 12.4. The molecule has 0 N–H and O–H groups in total. The first kappa shape index (κ1) is 13.7. The average molecular weight is 285 g/mol. The van der Waals surface area contributed by atoms with Gasteiger partial charge >= 0.3 is 0 Å². The van der Waals surface area contributed by atoms with Crippen molar-refractivity contribution in [3.8, 4) is 0 Å². The van der Waals surface area contributed by atoms with Crippen molar-refractivity contribution in [3.63, 3.8) is 0 Å². The van der Waals surface area contributed by atoms with E-state index in [-0.39, 0.29) is 11.2 Å². The molecule has 0 radical (unpaired) electrons. The predicted molar refractivity (Wildman–Crippen MR) is 84.8 cm³/mol. The molecule has 1 aliphatic carbocycles. The molecule has 3 heteroatoms. The fourth-order valence-electron chi connectivity index (χ4n) is 3.24. The van der Waals surface area contributed by atoms with Crippen LogP contribution in [0.4, 0.5) is 0 Å². The molecule has 0 amide bonds. The molecular formula is C17H19NOS. The lowest BCUT2D eigenvalue weighted by molar-refractivity contribution is -0.112. The molecule has 0 spiro atoms. The number of allylic oxidation sites excluding steroid dienone is 2. The molecule has 104 valence electrons. The summed E-state index contributed by atoms with van der Waals surface area (Å²) in [5.74, 6) is 0. The van der Waals surface area contributed by atoms with Crippen LogP contribution in [0.15, 0.2) is 53.6 Å². The van der Waals surface area contributed by atoms with Crippen molar-refractivity contribution in [2.75, 3.05) is 13.1 Å². The molecule has 1 aliphatic heterocycles. The van der Waals surface area contributed by atoms with E-state index in [9.17, 15) is 4.79 Å². The summed E-state index contributed by atoms with van der Waals surface area (Å²) in [7, 11) is 0. The van der Waals surface area contributed by atoms with Gasteiger partial charge in [-0.3, -0.25) is 9.69 Å². The maximum absolute atomic E-state index is 11.4. The number of likely N-dealkylation sites (tertiary alicyclic amines) is 1. The van der Waals surface area contributed by atoms with Crippen molar-refractivity contribution >= 4 is 17.7 Å². The van der Waals surface area contributed by atoms with E-state index in [4.69, 9.17) is 0 Å². The van der Waals surface area contributed by atoms with Gasteiger partial charge in [-0.05, 0) is 36.0 Å². The minimum absolute atomic E-state index is 0.0604. The van der Waals surface area contributed by atoms with Gasteiger partial charge in [-0.1, -0.05) is 42.5 Å². The van der Waals surface area contributed by atoms with E-state index in [1.807, 2.05) is 6.07 Å². The molecule has 1 heterocycles. The second-order valence-corrected chi connectivity index (χ2v) is 5.89. The summed E-state index contributed by atoms with van der Waals surface area (Å²) < 4.78 is 0. The third-order valence-corrected chi connectivity index (χ3v) is 4.22. The van der Waals surface area contributed by atoms with E-state index in [0.717, 1.165) is 25.8 Å². The third-order valence-electron chi connectivity index (χ3n) is 4.07. The summed E-state index contributed by atoms with van der Waals surface area (Å²) in [4.78, 5) is 13.7. The van der Waals surface area contributed by atoms with E-state index >= 15 is 0 Å². The van der Waals surface area contributed by atoms with Crippen LogP contribution >= 0.6 is 12.6 Å². The number of piperidine rings is 1. The first-order valence-electron chi connectivity index (χ1n) is 7.16. The summed E-state index contributed by atoms with van der Waals surface area (Å²) in [5, 5.41) is -0.0604. The fraction of sp³-hybridized carbons (Fsp3) is 0.353. The highest BCUT2D eigenvalue weighted by molar-refractivity contribution is 7.96. The monoisotopic (exact) mass is 285 g/mol. The van der Waals surface area contributed by atoms with Crippen molar-refractivity contribution in [2.24, 2.45) is 0 Å². The number of carbonyl (C=O) groups excluding carboxylic acids is 1. The van der Waals surface area contributed by atoms with Crippen LogP contribution in [0.3, 0.4) is 0 Å². The number of nitrogens with zero attached hydrogens (tertiary/aromatic N) is 1. The molecule has 3 rings (SSSR count). The predicted octanol–water partition coefficient (Wildman–Crippen LogP) is 3.54. The number of hydrogen-bond donors (Lipinski definition) is 1. The van der Waals surface area contributed by atoms with Gasteiger partial charge in [0.25, 0.3) is 0 Å². The summed E-state index contributed by atoms with van der Waals surface area (Å²) in [6, 6.07) is 10.7. The van der Waals surface area contributed by atoms with Crippen LogP contribution in [0.5, 0.6) is 0 Å². The molecule has 0 saturated carbocycles. The zero-order valence-electron chi connectivity index (χ0n) is 11.5. The first-order chi connectivity index (χ1) is 9.75. The van der Waals surface area contributed by atoms with E-state index in [2.05, 4.69) is 53.9 Å². The topological polar surface area (TPSA) is 20.3 Å². The second kappa shape index (κ2) is 5.98. The minimum atomic E-state index is -0.0604. The van der Waals surface area contributed by atoms with Crippen LogP contribution in [-0.4, -0.2) is 23.1 Å². The highest BCUT2D eigenvalue weighted by Gasteiger charge is 2.31. The molecule has 2 aliphatic rings. The lowest BCUT2D eigenvalue weighted by Gasteiger charge is -2.40. The number of hydrogen-bond acceptors (Lipinski definition) is 2. The average Bonchev–Trinajstić information content (AvgIpc) is 2.47. The van der Waals surface area contributed by atoms with Crippen molar-refractivity contribution in [1.82, 2.24) is 4.90 Å². The van der Waals surface area contributed by atoms with E-state index in [0.29, 0.717) is 6.54 Å². The second-order valence-electron chi connectivity index (χ2n) is 5.39. The highest BCUT2D eigenvalue weighted by Crippen LogP contribution is 2.40. The van der Waals surface area contributed by atoms with Gasteiger partial charge in [-0.15, -0.1) is 12.6 Å². The molecular weight excluding hydrogens is 266 g/mol.